The number of rotatable bonds is 7. The zero-order valence-electron chi connectivity index (χ0n) is 13.6. The Morgan fingerprint density at radius 1 is 1.39 bits per heavy atom. The highest BCUT2D eigenvalue weighted by Crippen LogP contribution is 2.27. The van der Waals surface area contributed by atoms with Crippen LogP contribution in [0, 0.1) is 16.0 Å². The minimum absolute atomic E-state index is 0.00691. The monoisotopic (exact) mass is 341 g/mol. The normalized spacial score (nSPS) is 17.2. The Kier molecular flexibility index (Phi) is 6.62. The third-order valence-electron chi connectivity index (χ3n) is 4.00. The Bertz CT molecular complexity index is 533. The number of hydrogen-bond donors (Lipinski definition) is 1. The summed E-state index contributed by atoms with van der Waals surface area (Å²) in [7, 11) is 0. The predicted octanol–water partition coefficient (Wildman–Crippen LogP) is 3.41. The Balaban J connectivity index is 2.01. The molecule has 6 nitrogen and oxygen atoms in total. The lowest BCUT2D eigenvalue weighted by Crippen LogP contribution is -2.47. The molecule has 0 saturated carbocycles. The largest absolute Gasteiger partial charge is 0.382 e. The molecule has 1 aromatic carbocycles. The molecule has 0 radical (unpaired) electrons. The van der Waals surface area contributed by atoms with Crippen LogP contribution < -0.4 is 5.32 Å². The predicted molar refractivity (Wildman–Crippen MR) is 92.2 cm³/mol. The molecule has 1 aromatic rings. The number of hydrogen-bond acceptors (Lipinski definition) is 5. The van der Waals surface area contributed by atoms with Crippen molar-refractivity contribution in [2.75, 3.05) is 38.2 Å². The highest BCUT2D eigenvalue weighted by Gasteiger charge is 2.22. The first-order chi connectivity index (χ1) is 11.0. The van der Waals surface area contributed by atoms with Gasteiger partial charge in [-0.25, -0.2) is 0 Å². The van der Waals surface area contributed by atoms with Crippen molar-refractivity contribution in [3.63, 3.8) is 0 Å². The Morgan fingerprint density at radius 3 is 2.65 bits per heavy atom. The molecule has 23 heavy (non-hydrogen) atoms. The summed E-state index contributed by atoms with van der Waals surface area (Å²) in [6.45, 7) is 8.61. The van der Waals surface area contributed by atoms with Gasteiger partial charge < -0.3 is 10.1 Å². The van der Waals surface area contributed by atoms with E-state index < -0.39 is 4.92 Å². The molecule has 128 valence electrons. The van der Waals surface area contributed by atoms with Crippen LogP contribution in [0.1, 0.15) is 20.3 Å². The van der Waals surface area contributed by atoms with Crippen LogP contribution >= 0.6 is 11.6 Å². The van der Waals surface area contributed by atoms with Crippen LogP contribution in [-0.4, -0.2) is 48.7 Å². The van der Waals surface area contributed by atoms with Crippen molar-refractivity contribution < 1.29 is 9.66 Å². The van der Waals surface area contributed by atoms with Crippen LogP contribution in [0.4, 0.5) is 11.4 Å². The summed E-state index contributed by atoms with van der Waals surface area (Å²) in [5, 5.41) is 14.5. The molecule has 7 heteroatoms. The topological polar surface area (TPSA) is 67.6 Å². The van der Waals surface area contributed by atoms with Crippen molar-refractivity contribution >= 4 is 23.0 Å². The fourth-order valence-electron chi connectivity index (χ4n) is 2.84. The number of nitrogens with one attached hydrogen (secondary N) is 1. The smallest absolute Gasteiger partial charge is 0.271 e. The van der Waals surface area contributed by atoms with Gasteiger partial charge in [0, 0.05) is 37.8 Å². The lowest BCUT2D eigenvalue weighted by Gasteiger charge is -2.35. The van der Waals surface area contributed by atoms with E-state index in [1.54, 1.807) is 6.07 Å². The Labute approximate surface area is 141 Å². The van der Waals surface area contributed by atoms with Gasteiger partial charge in [0.1, 0.15) is 0 Å². The van der Waals surface area contributed by atoms with E-state index in [1.165, 1.54) is 12.1 Å². The second-order valence-electron chi connectivity index (χ2n) is 6.23. The van der Waals surface area contributed by atoms with Gasteiger partial charge >= 0.3 is 0 Å². The molecule has 0 aliphatic carbocycles. The van der Waals surface area contributed by atoms with Gasteiger partial charge in [-0.3, -0.25) is 15.0 Å². The number of morpholine rings is 1. The second kappa shape index (κ2) is 8.47. The van der Waals surface area contributed by atoms with Crippen molar-refractivity contribution in [1.29, 1.82) is 0 Å². The second-order valence-corrected chi connectivity index (χ2v) is 6.64. The molecule has 1 atom stereocenters. The van der Waals surface area contributed by atoms with Gasteiger partial charge in [-0.15, -0.1) is 0 Å². The van der Waals surface area contributed by atoms with Crippen LogP contribution in [0.25, 0.3) is 0 Å². The van der Waals surface area contributed by atoms with E-state index >= 15 is 0 Å². The van der Waals surface area contributed by atoms with E-state index in [1.807, 2.05) is 0 Å². The minimum Gasteiger partial charge on any atom is -0.382 e. The number of nitrogens with zero attached hydrogens (tertiary/aromatic N) is 2. The quantitative estimate of drug-likeness (QED) is 0.608. The third kappa shape index (κ3) is 5.34. The van der Waals surface area contributed by atoms with E-state index in [9.17, 15) is 10.1 Å². The summed E-state index contributed by atoms with van der Waals surface area (Å²) in [6, 6.07) is 4.92. The molecule has 1 aliphatic rings. The molecule has 1 saturated heterocycles. The molecule has 0 spiro atoms. The van der Waals surface area contributed by atoms with E-state index in [-0.39, 0.29) is 5.69 Å². The highest BCUT2D eigenvalue weighted by atomic mass is 35.5. The fourth-order valence-corrected chi connectivity index (χ4v) is 3.08. The average molecular weight is 342 g/mol. The molecule has 0 amide bonds. The van der Waals surface area contributed by atoms with Crippen molar-refractivity contribution in [2.24, 2.45) is 5.92 Å². The summed E-state index contributed by atoms with van der Waals surface area (Å²) < 4.78 is 5.43. The number of nitro groups is 1. The Hall–Kier alpha value is -1.37. The zero-order chi connectivity index (χ0) is 16.8. The van der Waals surface area contributed by atoms with E-state index in [0.717, 1.165) is 45.0 Å². The van der Waals surface area contributed by atoms with Gasteiger partial charge in [0.05, 0.1) is 28.8 Å². The molecular formula is C16H24ClN3O3. The maximum absolute atomic E-state index is 10.8. The summed E-state index contributed by atoms with van der Waals surface area (Å²) in [5.41, 5.74) is 0.742. The van der Waals surface area contributed by atoms with Crippen LogP contribution in [0.15, 0.2) is 18.2 Å². The lowest BCUT2D eigenvalue weighted by molar-refractivity contribution is -0.384. The van der Waals surface area contributed by atoms with Crippen LogP contribution in [0.5, 0.6) is 0 Å². The fraction of sp³-hybridized carbons (Fsp3) is 0.625. The molecule has 1 N–H and O–H groups in total. The van der Waals surface area contributed by atoms with Crippen LogP contribution in [-0.2, 0) is 4.74 Å². The van der Waals surface area contributed by atoms with Gasteiger partial charge in [-0.1, -0.05) is 25.4 Å². The van der Waals surface area contributed by atoms with Crippen molar-refractivity contribution in [3.05, 3.63) is 33.3 Å². The van der Waals surface area contributed by atoms with Gasteiger partial charge in [0.25, 0.3) is 5.69 Å². The first-order valence-corrected chi connectivity index (χ1v) is 8.34. The van der Waals surface area contributed by atoms with Gasteiger partial charge in [-0.2, -0.15) is 0 Å². The molecule has 0 aromatic heterocycles. The van der Waals surface area contributed by atoms with Gasteiger partial charge in [0.2, 0.25) is 0 Å². The van der Waals surface area contributed by atoms with E-state index in [4.69, 9.17) is 16.3 Å². The van der Waals surface area contributed by atoms with Crippen molar-refractivity contribution in [2.45, 2.75) is 26.3 Å². The number of anilines is 1. The molecule has 1 aliphatic heterocycles. The maximum atomic E-state index is 10.8. The summed E-state index contributed by atoms with van der Waals surface area (Å²) >= 11 is 6.15. The highest BCUT2D eigenvalue weighted by molar-refractivity contribution is 6.33. The molecule has 1 fully saturated rings. The van der Waals surface area contributed by atoms with Gasteiger partial charge in [-0.05, 0) is 18.4 Å². The number of non-ortho nitro benzene ring substituents is 1. The minimum atomic E-state index is -0.440. The molecule has 1 heterocycles. The molecule has 2 rings (SSSR count). The van der Waals surface area contributed by atoms with Crippen molar-refractivity contribution in [1.82, 2.24) is 4.90 Å². The number of ether oxygens (including phenoxy) is 1. The summed E-state index contributed by atoms with van der Waals surface area (Å²) in [5.74, 6) is 0.594. The number of benzene rings is 1. The first-order valence-electron chi connectivity index (χ1n) is 7.97. The van der Waals surface area contributed by atoms with Crippen molar-refractivity contribution in [3.8, 4) is 0 Å². The Morgan fingerprint density at radius 2 is 2.09 bits per heavy atom. The summed E-state index contributed by atoms with van der Waals surface area (Å²) in [4.78, 5) is 12.8. The summed E-state index contributed by atoms with van der Waals surface area (Å²) in [6.07, 6.45) is 1.08. The molecule has 0 bridgehead atoms. The standard InChI is InChI=1S/C16H24ClN3O3/c1-12(2)9-14(19-5-7-23-8-6-19)11-18-16-4-3-13(20(21)22)10-15(16)17/h3-4,10,12,14,18H,5-9,11H2,1-2H3/t14-/m0/s1. The zero-order valence-corrected chi connectivity index (χ0v) is 14.4. The van der Waals surface area contributed by atoms with Gasteiger partial charge in [0.15, 0.2) is 0 Å². The number of halogens is 1. The van der Waals surface area contributed by atoms with Crippen LogP contribution in [0.2, 0.25) is 5.02 Å². The third-order valence-corrected chi connectivity index (χ3v) is 4.31. The first kappa shape index (κ1) is 18.0. The average Bonchev–Trinajstić information content (AvgIpc) is 2.52. The number of nitro benzene ring substituents is 1. The SMILES string of the molecule is CC(C)C[C@@H](CNc1ccc([N+](=O)[O-])cc1Cl)N1CCOCC1. The maximum Gasteiger partial charge on any atom is 0.271 e. The van der Waals surface area contributed by atoms with E-state index in [2.05, 4.69) is 24.1 Å². The van der Waals surface area contributed by atoms with Crippen LogP contribution in [0.3, 0.4) is 0 Å². The molecule has 0 unspecified atom stereocenters. The van der Waals surface area contributed by atoms with E-state index in [0.29, 0.717) is 17.0 Å². The lowest BCUT2D eigenvalue weighted by atomic mass is 10.0. The molecular weight excluding hydrogens is 318 g/mol.